The maximum absolute atomic E-state index is 12.7. The lowest BCUT2D eigenvalue weighted by molar-refractivity contribution is -0.918. The average Bonchev–Trinajstić information content (AvgIpc) is 2.74. The monoisotopic (exact) mass is 382 g/mol. The maximum atomic E-state index is 12.7. The van der Waals surface area contributed by atoms with Crippen molar-refractivity contribution in [2.45, 2.75) is 25.8 Å². The summed E-state index contributed by atoms with van der Waals surface area (Å²) < 4.78 is 10.6. The smallest absolute Gasteiger partial charge is 0.185 e. The molecule has 0 aromatic heterocycles. The Kier molecular flexibility index (Phi) is 6.71. The van der Waals surface area contributed by atoms with Gasteiger partial charge in [0, 0.05) is 22.8 Å². The van der Waals surface area contributed by atoms with Crippen LogP contribution in [0.4, 0.5) is 0 Å². The van der Waals surface area contributed by atoms with Gasteiger partial charge in [-0.1, -0.05) is 0 Å². The normalized spacial score (nSPS) is 14.9. The Morgan fingerprint density at radius 3 is 2.57 bits per heavy atom. The minimum Gasteiger partial charge on any atom is -0.507 e. The molecule has 3 rings (SSSR count). The van der Waals surface area contributed by atoms with E-state index in [1.54, 1.807) is 38.5 Å². The number of allylic oxidation sites excluding steroid dienone is 1. The van der Waals surface area contributed by atoms with Crippen molar-refractivity contribution in [3.63, 3.8) is 0 Å². The van der Waals surface area contributed by atoms with Crippen LogP contribution in [0.15, 0.2) is 42.5 Å². The molecule has 0 bridgehead atoms. The molecule has 0 unspecified atom stereocenters. The first-order chi connectivity index (χ1) is 13.6. The average molecular weight is 382 g/mol. The summed E-state index contributed by atoms with van der Waals surface area (Å²) in [6.07, 6.45) is 7.01. The number of ketones is 1. The number of carbonyl (C=O) groups is 1. The summed E-state index contributed by atoms with van der Waals surface area (Å²) in [5.74, 6) is 1.50. The summed E-state index contributed by atoms with van der Waals surface area (Å²) in [7, 11) is 3.19. The molecule has 1 heterocycles. The third-order valence-corrected chi connectivity index (χ3v) is 5.22. The number of hydrogen-bond acceptors (Lipinski definition) is 4. The van der Waals surface area contributed by atoms with E-state index in [-0.39, 0.29) is 11.5 Å². The zero-order chi connectivity index (χ0) is 19.9. The molecular formula is C23H28NO4+. The second-order valence-electron chi connectivity index (χ2n) is 7.14. The fourth-order valence-electron chi connectivity index (χ4n) is 3.60. The molecule has 5 nitrogen and oxygen atoms in total. The van der Waals surface area contributed by atoms with Gasteiger partial charge in [-0.2, -0.15) is 0 Å². The van der Waals surface area contributed by atoms with Gasteiger partial charge in [-0.05, 0) is 61.7 Å². The summed E-state index contributed by atoms with van der Waals surface area (Å²) in [5, 5.41) is 10.2. The van der Waals surface area contributed by atoms with Crippen LogP contribution in [0.5, 0.6) is 17.2 Å². The molecule has 5 heteroatoms. The van der Waals surface area contributed by atoms with E-state index in [4.69, 9.17) is 9.47 Å². The lowest BCUT2D eigenvalue weighted by atomic mass is 10.0. The van der Waals surface area contributed by atoms with E-state index in [2.05, 4.69) is 0 Å². The zero-order valence-electron chi connectivity index (χ0n) is 16.5. The number of phenolic OH excluding ortho intramolecular Hbond substituents is 1. The van der Waals surface area contributed by atoms with Gasteiger partial charge in [-0.15, -0.1) is 0 Å². The van der Waals surface area contributed by atoms with Gasteiger partial charge in [0.05, 0.1) is 27.3 Å². The van der Waals surface area contributed by atoms with Crippen molar-refractivity contribution in [1.29, 1.82) is 0 Å². The Hall–Kier alpha value is -2.79. The number of ether oxygens (including phenoxy) is 2. The number of aromatic hydroxyl groups is 1. The van der Waals surface area contributed by atoms with Crippen LogP contribution in [0, 0.1) is 0 Å². The van der Waals surface area contributed by atoms with Gasteiger partial charge in [0.2, 0.25) is 0 Å². The van der Waals surface area contributed by atoms with Crippen LogP contribution in [0.1, 0.15) is 40.7 Å². The van der Waals surface area contributed by atoms with E-state index in [9.17, 15) is 9.90 Å². The molecule has 1 aliphatic rings. The van der Waals surface area contributed by atoms with Crippen molar-refractivity contribution >= 4 is 11.9 Å². The molecule has 0 spiro atoms. The Morgan fingerprint density at radius 1 is 1.07 bits per heavy atom. The van der Waals surface area contributed by atoms with Crippen LogP contribution in [-0.4, -0.2) is 38.2 Å². The van der Waals surface area contributed by atoms with E-state index in [1.165, 1.54) is 30.2 Å². The van der Waals surface area contributed by atoms with Crippen molar-refractivity contribution in [1.82, 2.24) is 0 Å². The molecule has 2 aromatic carbocycles. The van der Waals surface area contributed by atoms with E-state index in [0.29, 0.717) is 17.1 Å². The second kappa shape index (κ2) is 9.42. The number of nitrogens with one attached hydrogen (secondary N) is 1. The molecule has 2 aromatic rings. The number of quaternary nitrogens is 1. The first kappa shape index (κ1) is 20.0. The highest BCUT2D eigenvalue weighted by Gasteiger charge is 2.17. The molecule has 1 aliphatic heterocycles. The Bertz CT molecular complexity index is 854. The highest BCUT2D eigenvalue weighted by molar-refractivity contribution is 6.07. The fraction of sp³-hybridized carbons (Fsp3) is 0.348. The molecule has 1 fully saturated rings. The molecule has 0 radical (unpaired) electrons. The van der Waals surface area contributed by atoms with Crippen molar-refractivity contribution in [3.8, 4) is 17.2 Å². The van der Waals surface area contributed by atoms with Gasteiger partial charge in [0.25, 0.3) is 0 Å². The number of likely N-dealkylation sites (tertiary alicyclic amines) is 1. The predicted molar refractivity (Wildman–Crippen MR) is 109 cm³/mol. The van der Waals surface area contributed by atoms with Gasteiger partial charge >= 0.3 is 0 Å². The second-order valence-corrected chi connectivity index (χ2v) is 7.14. The standard InChI is InChI=1S/C23H27NO4/c1-27-20-9-6-17(23(15-20)28-2)7-10-21(25)18-8-11-22(26)19(14-18)16-24-12-4-3-5-13-24/h6-11,14-15,26H,3-5,12-13,16H2,1-2H3/p+1/b10-7+. The number of rotatable bonds is 7. The topological polar surface area (TPSA) is 60.2 Å². The minimum absolute atomic E-state index is 0.104. The highest BCUT2D eigenvalue weighted by atomic mass is 16.5. The third kappa shape index (κ3) is 4.93. The van der Waals surface area contributed by atoms with Gasteiger partial charge in [0.15, 0.2) is 5.78 Å². The number of benzene rings is 2. The Balaban J connectivity index is 1.75. The molecule has 2 N–H and O–H groups in total. The number of carbonyl (C=O) groups excluding carboxylic acids is 1. The Labute approximate surface area is 166 Å². The van der Waals surface area contributed by atoms with E-state index < -0.39 is 0 Å². The predicted octanol–water partition coefficient (Wildman–Crippen LogP) is 2.87. The Morgan fingerprint density at radius 2 is 1.86 bits per heavy atom. The summed E-state index contributed by atoms with van der Waals surface area (Å²) in [5.41, 5.74) is 2.21. The molecule has 148 valence electrons. The van der Waals surface area contributed by atoms with Gasteiger partial charge < -0.3 is 19.5 Å². The first-order valence-electron chi connectivity index (χ1n) is 9.70. The summed E-state index contributed by atoms with van der Waals surface area (Å²) >= 11 is 0. The molecule has 28 heavy (non-hydrogen) atoms. The number of hydrogen-bond donors (Lipinski definition) is 2. The van der Waals surface area contributed by atoms with Crippen molar-refractivity contribution in [2.24, 2.45) is 0 Å². The van der Waals surface area contributed by atoms with E-state index >= 15 is 0 Å². The van der Waals surface area contributed by atoms with Crippen LogP contribution in [-0.2, 0) is 6.54 Å². The molecule has 0 atom stereocenters. The fourth-order valence-corrected chi connectivity index (χ4v) is 3.60. The molecule has 1 saturated heterocycles. The maximum Gasteiger partial charge on any atom is 0.185 e. The van der Waals surface area contributed by atoms with Crippen LogP contribution >= 0.6 is 0 Å². The van der Waals surface area contributed by atoms with Crippen LogP contribution in [0.2, 0.25) is 0 Å². The van der Waals surface area contributed by atoms with Gasteiger partial charge in [-0.25, -0.2) is 0 Å². The van der Waals surface area contributed by atoms with Gasteiger partial charge in [0.1, 0.15) is 23.8 Å². The number of phenols is 1. The number of methoxy groups -OCH3 is 2. The SMILES string of the molecule is COc1ccc(/C=C/C(=O)c2ccc(O)c(C[NH+]3CCCCC3)c2)c(OC)c1. The lowest BCUT2D eigenvalue weighted by Gasteiger charge is -2.23. The quantitative estimate of drug-likeness (QED) is 0.571. The molecular weight excluding hydrogens is 354 g/mol. The summed E-state index contributed by atoms with van der Waals surface area (Å²) in [4.78, 5) is 14.1. The summed E-state index contributed by atoms with van der Waals surface area (Å²) in [6.45, 7) is 2.99. The van der Waals surface area contributed by atoms with Gasteiger partial charge in [-0.3, -0.25) is 4.79 Å². The summed E-state index contributed by atoms with van der Waals surface area (Å²) in [6, 6.07) is 10.6. The van der Waals surface area contributed by atoms with E-state index in [0.717, 1.165) is 30.8 Å². The first-order valence-corrected chi connectivity index (χ1v) is 9.70. The minimum atomic E-state index is -0.104. The van der Waals surface area contributed by atoms with Crippen molar-refractivity contribution in [2.75, 3.05) is 27.3 Å². The largest absolute Gasteiger partial charge is 0.507 e. The van der Waals surface area contributed by atoms with Crippen LogP contribution < -0.4 is 14.4 Å². The lowest BCUT2D eigenvalue weighted by Crippen LogP contribution is -3.11. The van der Waals surface area contributed by atoms with E-state index in [1.807, 2.05) is 18.2 Å². The van der Waals surface area contributed by atoms with Crippen molar-refractivity contribution < 1.29 is 24.3 Å². The van der Waals surface area contributed by atoms with Crippen LogP contribution in [0.25, 0.3) is 6.08 Å². The highest BCUT2D eigenvalue weighted by Crippen LogP contribution is 2.26. The van der Waals surface area contributed by atoms with Crippen LogP contribution in [0.3, 0.4) is 0 Å². The zero-order valence-corrected chi connectivity index (χ0v) is 16.5. The third-order valence-electron chi connectivity index (χ3n) is 5.22. The number of piperidine rings is 1. The molecule has 0 saturated carbocycles. The molecule has 0 aliphatic carbocycles. The molecule has 0 amide bonds. The van der Waals surface area contributed by atoms with Crippen molar-refractivity contribution in [3.05, 3.63) is 59.2 Å².